The largest absolute Gasteiger partial charge is 0.478 e. The number of rotatable bonds is 5. The van der Waals surface area contributed by atoms with Crippen molar-refractivity contribution >= 4 is 11.8 Å². The van der Waals surface area contributed by atoms with E-state index < -0.39 is 11.6 Å². The number of carbonyl (C=O) groups excluding carboxylic acids is 2. The van der Waals surface area contributed by atoms with Crippen molar-refractivity contribution in [2.45, 2.75) is 81.9 Å². The van der Waals surface area contributed by atoms with Crippen molar-refractivity contribution in [1.29, 1.82) is 0 Å². The Balaban J connectivity index is 1.43. The molecule has 5 nitrogen and oxygen atoms in total. The molecule has 1 N–H and O–H groups in total. The zero-order valence-corrected chi connectivity index (χ0v) is 16.3. The molecule has 1 saturated heterocycles. The van der Waals surface area contributed by atoms with E-state index in [1.54, 1.807) is 17.0 Å². The number of amides is 2. The predicted octanol–water partition coefficient (Wildman–Crippen LogP) is 3.57. The van der Waals surface area contributed by atoms with Gasteiger partial charge in [-0.15, -0.1) is 0 Å². The monoisotopic (exact) mass is 388 g/mol. The predicted molar refractivity (Wildman–Crippen MR) is 103 cm³/mol. The molecule has 4 rings (SSSR count). The van der Waals surface area contributed by atoms with Crippen LogP contribution in [0.1, 0.15) is 64.2 Å². The lowest BCUT2D eigenvalue weighted by atomic mass is 9.70. The number of halogens is 1. The molecule has 0 bridgehead atoms. The van der Waals surface area contributed by atoms with Crippen LogP contribution in [0.3, 0.4) is 0 Å². The van der Waals surface area contributed by atoms with Gasteiger partial charge in [0, 0.05) is 6.04 Å². The SMILES string of the molecule is O=C(CN1C(=O)C(Oc2ccc(F)cc2)C12CCCCC2)NC1CCCCC1. The Hall–Kier alpha value is -2.11. The second-order valence-corrected chi connectivity index (χ2v) is 8.44. The highest BCUT2D eigenvalue weighted by Gasteiger charge is 2.62. The zero-order chi connectivity index (χ0) is 19.6. The van der Waals surface area contributed by atoms with Crippen LogP contribution in [0, 0.1) is 5.82 Å². The highest BCUT2D eigenvalue weighted by atomic mass is 19.1. The average Bonchev–Trinajstić information content (AvgIpc) is 2.73. The summed E-state index contributed by atoms with van der Waals surface area (Å²) in [5.74, 6) is -0.0351. The second-order valence-electron chi connectivity index (χ2n) is 8.44. The molecule has 1 heterocycles. The lowest BCUT2D eigenvalue weighted by Crippen LogP contribution is -2.77. The van der Waals surface area contributed by atoms with Crippen LogP contribution in [0.4, 0.5) is 4.39 Å². The third-order valence-electron chi connectivity index (χ3n) is 6.57. The van der Waals surface area contributed by atoms with Crippen LogP contribution in [0.2, 0.25) is 0 Å². The topological polar surface area (TPSA) is 58.6 Å². The third kappa shape index (κ3) is 3.74. The number of hydrogen-bond donors (Lipinski definition) is 1. The van der Waals surface area contributed by atoms with Crippen molar-refractivity contribution in [2.24, 2.45) is 0 Å². The highest BCUT2D eigenvalue weighted by molar-refractivity contribution is 5.94. The number of ether oxygens (including phenoxy) is 1. The van der Waals surface area contributed by atoms with E-state index in [1.165, 1.54) is 18.6 Å². The van der Waals surface area contributed by atoms with Crippen LogP contribution in [-0.4, -0.2) is 40.9 Å². The van der Waals surface area contributed by atoms with Crippen LogP contribution in [0.15, 0.2) is 24.3 Å². The minimum Gasteiger partial charge on any atom is -0.478 e. The van der Waals surface area contributed by atoms with Gasteiger partial charge in [0.1, 0.15) is 18.1 Å². The number of benzene rings is 1. The van der Waals surface area contributed by atoms with E-state index in [0.29, 0.717) is 5.75 Å². The van der Waals surface area contributed by atoms with Crippen LogP contribution in [0.5, 0.6) is 5.75 Å². The standard InChI is InChI=1S/C22H29FN2O3/c23-16-9-11-18(12-10-16)28-20-21(27)25(22(20)13-5-2-6-14-22)15-19(26)24-17-7-3-1-4-8-17/h9-12,17,20H,1-8,13-15H2,(H,24,26). The molecule has 2 saturated carbocycles. The maximum atomic E-state index is 13.2. The first kappa shape index (κ1) is 19.2. The highest BCUT2D eigenvalue weighted by Crippen LogP contribution is 2.45. The molecule has 6 heteroatoms. The van der Waals surface area contributed by atoms with Crippen molar-refractivity contribution in [3.63, 3.8) is 0 Å². The van der Waals surface area contributed by atoms with E-state index in [2.05, 4.69) is 5.32 Å². The van der Waals surface area contributed by atoms with Crippen molar-refractivity contribution in [2.75, 3.05) is 6.54 Å². The summed E-state index contributed by atoms with van der Waals surface area (Å²) in [5, 5.41) is 3.12. The lowest BCUT2D eigenvalue weighted by molar-refractivity contribution is -0.187. The van der Waals surface area contributed by atoms with Crippen LogP contribution in [-0.2, 0) is 9.59 Å². The Kier molecular flexibility index (Phi) is 5.56. The Morgan fingerprint density at radius 1 is 1.07 bits per heavy atom. The smallest absolute Gasteiger partial charge is 0.267 e. The third-order valence-corrected chi connectivity index (χ3v) is 6.57. The number of β-lactam (4-membered cyclic amide) rings is 1. The summed E-state index contributed by atoms with van der Waals surface area (Å²) in [6.07, 6.45) is 9.92. The molecule has 1 aliphatic heterocycles. The summed E-state index contributed by atoms with van der Waals surface area (Å²) in [4.78, 5) is 27.2. The molecule has 3 aliphatic rings. The Morgan fingerprint density at radius 3 is 2.39 bits per heavy atom. The molecule has 0 aromatic heterocycles. The van der Waals surface area contributed by atoms with E-state index in [4.69, 9.17) is 4.74 Å². The zero-order valence-electron chi connectivity index (χ0n) is 16.3. The minimum atomic E-state index is -0.583. The average molecular weight is 388 g/mol. The number of carbonyl (C=O) groups is 2. The molecule has 2 aliphatic carbocycles. The first-order chi connectivity index (χ1) is 13.6. The van der Waals surface area contributed by atoms with E-state index >= 15 is 0 Å². The molecule has 3 fully saturated rings. The number of likely N-dealkylation sites (tertiary alicyclic amines) is 1. The van der Waals surface area contributed by atoms with Gasteiger partial charge in [-0.1, -0.05) is 38.5 Å². The first-order valence-corrected chi connectivity index (χ1v) is 10.6. The van der Waals surface area contributed by atoms with Crippen molar-refractivity contribution in [3.8, 4) is 5.75 Å². The quantitative estimate of drug-likeness (QED) is 0.785. The maximum Gasteiger partial charge on any atom is 0.267 e. The molecule has 1 unspecified atom stereocenters. The van der Waals surface area contributed by atoms with Gasteiger partial charge in [-0.3, -0.25) is 9.59 Å². The Labute approximate surface area is 165 Å². The van der Waals surface area contributed by atoms with Gasteiger partial charge in [0.05, 0.1) is 5.54 Å². The van der Waals surface area contributed by atoms with Crippen LogP contribution < -0.4 is 10.1 Å². The van der Waals surface area contributed by atoms with Crippen molar-refractivity contribution in [3.05, 3.63) is 30.1 Å². The summed E-state index contributed by atoms with van der Waals surface area (Å²) in [6.45, 7) is 0.110. The van der Waals surface area contributed by atoms with Gasteiger partial charge >= 0.3 is 0 Å². The van der Waals surface area contributed by atoms with Crippen LogP contribution in [0.25, 0.3) is 0 Å². The summed E-state index contributed by atoms with van der Waals surface area (Å²) >= 11 is 0. The fourth-order valence-corrected chi connectivity index (χ4v) is 5.07. The molecule has 2 amide bonds. The van der Waals surface area contributed by atoms with Crippen molar-refractivity contribution < 1.29 is 18.7 Å². The number of hydrogen-bond acceptors (Lipinski definition) is 3. The molecule has 1 aromatic carbocycles. The van der Waals surface area contributed by atoms with Gasteiger partial charge in [-0.25, -0.2) is 4.39 Å². The van der Waals surface area contributed by atoms with Gasteiger partial charge in [-0.2, -0.15) is 0 Å². The van der Waals surface area contributed by atoms with E-state index in [1.807, 2.05) is 0 Å². The maximum absolute atomic E-state index is 13.2. The van der Waals surface area contributed by atoms with E-state index in [9.17, 15) is 14.0 Å². The van der Waals surface area contributed by atoms with Crippen molar-refractivity contribution in [1.82, 2.24) is 10.2 Å². The second kappa shape index (κ2) is 8.10. The molecule has 1 aromatic rings. The molecular weight excluding hydrogens is 359 g/mol. The molecule has 28 heavy (non-hydrogen) atoms. The Bertz CT molecular complexity index is 709. The first-order valence-electron chi connectivity index (χ1n) is 10.6. The molecule has 1 spiro atoms. The summed E-state index contributed by atoms with van der Waals surface area (Å²) in [7, 11) is 0. The molecule has 0 radical (unpaired) electrons. The fraction of sp³-hybridized carbons (Fsp3) is 0.636. The normalized spacial score (nSPS) is 24.7. The molecular formula is C22H29FN2O3. The fourth-order valence-electron chi connectivity index (χ4n) is 5.07. The van der Waals surface area contributed by atoms with E-state index in [0.717, 1.165) is 57.8 Å². The van der Waals surface area contributed by atoms with Gasteiger partial charge in [0.2, 0.25) is 5.91 Å². The summed E-state index contributed by atoms with van der Waals surface area (Å²) in [6, 6.07) is 6.02. The summed E-state index contributed by atoms with van der Waals surface area (Å²) < 4.78 is 19.2. The van der Waals surface area contributed by atoms with Crippen LogP contribution >= 0.6 is 0 Å². The number of nitrogens with one attached hydrogen (secondary N) is 1. The van der Waals surface area contributed by atoms with Gasteiger partial charge < -0.3 is 15.0 Å². The molecule has 152 valence electrons. The van der Waals surface area contributed by atoms with Gasteiger partial charge in [0.25, 0.3) is 5.91 Å². The molecule has 1 atom stereocenters. The Morgan fingerprint density at radius 2 is 1.71 bits per heavy atom. The summed E-state index contributed by atoms with van der Waals surface area (Å²) in [5.41, 5.74) is -0.409. The lowest BCUT2D eigenvalue weighted by Gasteiger charge is -2.58. The van der Waals surface area contributed by atoms with E-state index in [-0.39, 0.29) is 30.2 Å². The number of nitrogens with zero attached hydrogens (tertiary/aromatic N) is 1. The van der Waals surface area contributed by atoms with Gasteiger partial charge in [-0.05, 0) is 49.9 Å². The van der Waals surface area contributed by atoms with Gasteiger partial charge in [0.15, 0.2) is 6.10 Å². The minimum absolute atomic E-state index is 0.0644.